The predicted octanol–water partition coefficient (Wildman–Crippen LogP) is 4.74. The van der Waals surface area contributed by atoms with Crippen LogP contribution in [0.25, 0.3) is 0 Å². The second-order valence-corrected chi connectivity index (χ2v) is 6.02. The molecule has 0 atom stereocenters. The second kappa shape index (κ2) is 7.16. The summed E-state index contributed by atoms with van der Waals surface area (Å²) in [6, 6.07) is 3.95. The highest BCUT2D eigenvalue weighted by Crippen LogP contribution is 2.31. The lowest BCUT2D eigenvalue weighted by Crippen LogP contribution is -2.14. The minimum absolute atomic E-state index is 0.301. The SMILES string of the molecule is CCN(C)C=Nc1cc(C)c(OC2=NC(Cl)=C(Cl)C2)cc1C. The number of hydrogen-bond donors (Lipinski definition) is 0. The van der Waals surface area contributed by atoms with Gasteiger partial charge in [0, 0.05) is 13.6 Å². The molecule has 0 unspecified atom stereocenters. The number of aliphatic imine (C=N–C) groups is 2. The summed E-state index contributed by atoms with van der Waals surface area (Å²) < 4.78 is 5.81. The van der Waals surface area contributed by atoms with Crippen molar-refractivity contribution in [3.63, 3.8) is 0 Å². The third kappa shape index (κ3) is 4.02. The van der Waals surface area contributed by atoms with Gasteiger partial charge in [0.1, 0.15) is 10.9 Å². The lowest BCUT2D eigenvalue weighted by molar-refractivity contribution is 0.537. The number of halogens is 2. The highest BCUT2D eigenvalue weighted by atomic mass is 35.5. The van der Waals surface area contributed by atoms with Crippen molar-refractivity contribution in [3.05, 3.63) is 33.4 Å². The second-order valence-electron chi connectivity index (χ2n) is 5.20. The van der Waals surface area contributed by atoms with E-state index < -0.39 is 0 Å². The van der Waals surface area contributed by atoms with E-state index in [9.17, 15) is 0 Å². The van der Waals surface area contributed by atoms with E-state index in [-0.39, 0.29) is 0 Å². The standard InChI is InChI=1S/C16H19Cl2N3O/c1-5-21(4)9-19-13-6-11(3)14(7-10(13)2)22-15-8-12(17)16(18)20-15/h6-7,9H,5,8H2,1-4H3. The molecule has 0 fully saturated rings. The Morgan fingerprint density at radius 1 is 1.32 bits per heavy atom. The van der Waals surface area contributed by atoms with Crippen LogP contribution in [0.15, 0.2) is 32.3 Å². The van der Waals surface area contributed by atoms with Gasteiger partial charge in [-0.05, 0) is 44.0 Å². The van der Waals surface area contributed by atoms with Gasteiger partial charge in [-0.1, -0.05) is 23.2 Å². The summed E-state index contributed by atoms with van der Waals surface area (Å²) in [5.74, 6) is 1.26. The molecule has 0 bridgehead atoms. The maximum atomic E-state index is 5.93. The fraction of sp³-hybridized carbons (Fsp3) is 0.375. The lowest BCUT2D eigenvalue weighted by Gasteiger charge is -2.12. The van der Waals surface area contributed by atoms with Crippen LogP contribution in [0, 0.1) is 13.8 Å². The van der Waals surface area contributed by atoms with Crippen LogP contribution in [0.1, 0.15) is 24.5 Å². The zero-order valence-electron chi connectivity index (χ0n) is 13.2. The molecule has 1 aliphatic rings. The van der Waals surface area contributed by atoms with Gasteiger partial charge in [0.15, 0.2) is 0 Å². The van der Waals surface area contributed by atoms with Crippen LogP contribution in [0.2, 0.25) is 0 Å². The summed E-state index contributed by atoms with van der Waals surface area (Å²) in [6.45, 7) is 6.97. The fourth-order valence-electron chi connectivity index (χ4n) is 1.87. The Hall–Kier alpha value is -1.52. The van der Waals surface area contributed by atoms with Crippen LogP contribution in [0.5, 0.6) is 5.75 Å². The summed E-state index contributed by atoms with van der Waals surface area (Å²) in [4.78, 5) is 10.6. The van der Waals surface area contributed by atoms with Crippen molar-refractivity contribution in [2.45, 2.75) is 27.2 Å². The first-order chi connectivity index (χ1) is 10.4. The van der Waals surface area contributed by atoms with Crippen LogP contribution in [0.4, 0.5) is 5.69 Å². The summed E-state index contributed by atoms with van der Waals surface area (Å²) in [6.07, 6.45) is 2.26. The quantitative estimate of drug-likeness (QED) is 0.451. The molecule has 4 nitrogen and oxygen atoms in total. The molecule has 1 aromatic rings. The molecule has 2 rings (SSSR count). The highest BCUT2D eigenvalue weighted by Gasteiger charge is 2.17. The van der Waals surface area contributed by atoms with E-state index in [4.69, 9.17) is 27.9 Å². The maximum absolute atomic E-state index is 5.93. The fourth-order valence-corrected chi connectivity index (χ4v) is 2.18. The Bertz CT molecular complexity index is 666. The summed E-state index contributed by atoms with van der Waals surface area (Å²) in [5, 5.41) is 0.810. The molecule has 0 radical (unpaired) electrons. The van der Waals surface area contributed by atoms with E-state index in [2.05, 4.69) is 16.9 Å². The van der Waals surface area contributed by atoms with Gasteiger partial charge in [-0.2, -0.15) is 0 Å². The van der Waals surface area contributed by atoms with Crippen molar-refractivity contribution in [2.75, 3.05) is 13.6 Å². The number of aryl methyl sites for hydroxylation is 2. The molecular formula is C16H19Cl2N3O. The molecule has 1 aliphatic heterocycles. The molecule has 1 aromatic carbocycles. The Balaban J connectivity index is 2.17. The number of benzene rings is 1. The largest absolute Gasteiger partial charge is 0.442 e. The Morgan fingerprint density at radius 2 is 2.05 bits per heavy atom. The van der Waals surface area contributed by atoms with Crippen LogP contribution in [-0.2, 0) is 0 Å². The van der Waals surface area contributed by atoms with E-state index in [1.807, 2.05) is 44.3 Å². The van der Waals surface area contributed by atoms with Crippen molar-refractivity contribution in [1.29, 1.82) is 0 Å². The molecule has 1 heterocycles. The molecular weight excluding hydrogens is 321 g/mol. The molecule has 0 aromatic heterocycles. The van der Waals surface area contributed by atoms with Gasteiger partial charge in [0.2, 0.25) is 5.90 Å². The van der Waals surface area contributed by atoms with Crippen LogP contribution >= 0.6 is 23.2 Å². The first-order valence-electron chi connectivity index (χ1n) is 7.06. The van der Waals surface area contributed by atoms with Gasteiger partial charge < -0.3 is 9.64 Å². The van der Waals surface area contributed by atoms with E-state index in [1.165, 1.54) is 0 Å². The van der Waals surface area contributed by atoms with Crippen molar-refractivity contribution < 1.29 is 4.74 Å². The lowest BCUT2D eigenvalue weighted by atomic mass is 10.1. The highest BCUT2D eigenvalue weighted by molar-refractivity contribution is 6.41. The van der Waals surface area contributed by atoms with Crippen molar-refractivity contribution in [2.24, 2.45) is 9.98 Å². The Labute approximate surface area is 141 Å². The van der Waals surface area contributed by atoms with Gasteiger partial charge >= 0.3 is 0 Å². The maximum Gasteiger partial charge on any atom is 0.201 e. The van der Waals surface area contributed by atoms with Crippen LogP contribution in [-0.4, -0.2) is 30.7 Å². The van der Waals surface area contributed by atoms with Crippen LogP contribution < -0.4 is 4.74 Å². The average Bonchev–Trinajstić information content (AvgIpc) is 2.79. The molecule has 0 saturated carbocycles. The zero-order valence-corrected chi connectivity index (χ0v) is 14.7. The van der Waals surface area contributed by atoms with E-state index >= 15 is 0 Å². The van der Waals surface area contributed by atoms with Crippen molar-refractivity contribution in [3.8, 4) is 5.75 Å². The molecule has 0 N–H and O–H groups in total. The molecule has 118 valence electrons. The number of hydrogen-bond acceptors (Lipinski definition) is 3. The minimum atomic E-state index is 0.301. The van der Waals surface area contributed by atoms with Crippen molar-refractivity contribution in [1.82, 2.24) is 4.90 Å². The molecule has 0 saturated heterocycles. The predicted molar refractivity (Wildman–Crippen MR) is 93.8 cm³/mol. The molecule has 0 amide bonds. The van der Waals surface area contributed by atoms with Crippen LogP contribution in [0.3, 0.4) is 0 Å². The normalized spacial score (nSPS) is 14.7. The molecule has 6 heteroatoms. The van der Waals surface area contributed by atoms with Gasteiger partial charge in [-0.15, -0.1) is 0 Å². The topological polar surface area (TPSA) is 37.2 Å². The Morgan fingerprint density at radius 3 is 2.64 bits per heavy atom. The minimum Gasteiger partial charge on any atom is -0.442 e. The first-order valence-corrected chi connectivity index (χ1v) is 7.81. The van der Waals surface area contributed by atoms with Gasteiger partial charge in [-0.25, -0.2) is 9.98 Å². The number of nitrogens with zero attached hydrogens (tertiary/aromatic N) is 3. The monoisotopic (exact) mass is 339 g/mol. The summed E-state index contributed by atoms with van der Waals surface area (Å²) >= 11 is 11.8. The first kappa shape index (κ1) is 16.8. The van der Waals surface area contributed by atoms with Gasteiger partial charge in [0.25, 0.3) is 0 Å². The number of ether oxygens (including phenoxy) is 1. The average molecular weight is 340 g/mol. The Kier molecular flexibility index (Phi) is 5.48. The number of rotatable bonds is 4. The third-order valence-corrected chi connectivity index (χ3v) is 4.09. The zero-order chi connectivity index (χ0) is 16.3. The molecule has 0 aliphatic carbocycles. The van der Waals surface area contributed by atoms with E-state index in [1.54, 1.807) is 0 Å². The summed E-state index contributed by atoms with van der Waals surface area (Å²) in [5.41, 5.74) is 2.94. The third-order valence-electron chi connectivity index (χ3n) is 3.37. The molecule has 22 heavy (non-hydrogen) atoms. The smallest absolute Gasteiger partial charge is 0.201 e. The summed E-state index contributed by atoms with van der Waals surface area (Å²) in [7, 11) is 1.99. The molecule has 0 spiro atoms. The van der Waals surface area contributed by atoms with Gasteiger partial charge in [0.05, 0.1) is 23.5 Å². The van der Waals surface area contributed by atoms with E-state index in [0.717, 1.165) is 29.1 Å². The van der Waals surface area contributed by atoms with Gasteiger partial charge in [-0.3, -0.25) is 0 Å². The van der Waals surface area contributed by atoms with E-state index in [0.29, 0.717) is 22.5 Å². The van der Waals surface area contributed by atoms with Crippen molar-refractivity contribution >= 4 is 41.1 Å².